The summed E-state index contributed by atoms with van der Waals surface area (Å²) in [7, 11) is 0. The maximum Gasteiger partial charge on any atom is 0.150 e. The maximum atomic E-state index is 10.6. The van der Waals surface area contributed by atoms with Crippen molar-refractivity contribution in [2.45, 2.75) is 6.42 Å². The Bertz CT molecular complexity index is 395. The molecule has 1 atom stereocenters. The standard InChI is InChI=1S/C12H14ClNO2/c13-11-5-9(7-15)1-2-12(11)14-4-3-10(6-14)8-16/h1-2,5,7,10,16H,3-4,6,8H2. The molecule has 0 spiro atoms. The van der Waals surface area contributed by atoms with Gasteiger partial charge in [0.15, 0.2) is 0 Å². The molecule has 1 saturated heterocycles. The Hall–Kier alpha value is -1.06. The average molecular weight is 240 g/mol. The summed E-state index contributed by atoms with van der Waals surface area (Å²) in [4.78, 5) is 12.7. The van der Waals surface area contributed by atoms with Crippen molar-refractivity contribution in [2.24, 2.45) is 5.92 Å². The van der Waals surface area contributed by atoms with E-state index >= 15 is 0 Å². The van der Waals surface area contributed by atoms with E-state index in [0.717, 1.165) is 31.5 Å². The zero-order valence-corrected chi connectivity index (χ0v) is 9.65. The number of aliphatic hydroxyl groups excluding tert-OH is 1. The summed E-state index contributed by atoms with van der Waals surface area (Å²) in [5.41, 5.74) is 1.54. The van der Waals surface area contributed by atoms with Gasteiger partial charge in [-0.2, -0.15) is 0 Å². The Morgan fingerprint density at radius 1 is 1.56 bits per heavy atom. The van der Waals surface area contributed by atoms with Gasteiger partial charge in [0.1, 0.15) is 6.29 Å². The molecule has 0 amide bonds. The van der Waals surface area contributed by atoms with E-state index in [2.05, 4.69) is 4.90 Å². The summed E-state index contributed by atoms with van der Waals surface area (Å²) < 4.78 is 0. The van der Waals surface area contributed by atoms with Crippen molar-refractivity contribution < 1.29 is 9.90 Å². The Morgan fingerprint density at radius 2 is 2.38 bits per heavy atom. The number of nitrogens with zero attached hydrogens (tertiary/aromatic N) is 1. The fourth-order valence-corrected chi connectivity index (χ4v) is 2.36. The zero-order valence-electron chi connectivity index (χ0n) is 8.90. The molecule has 1 aliphatic rings. The van der Waals surface area contributed by atoms with Crippen molar-refractivity contribution in [2.75, 3.05) is 24.6 Å². The first-order valence-corrected chi connectivity index (χ1v) is 5.73. The first-order chi connectivity index (χ1) is 7.74. The molecule has 4 heteroatoms. The monoisotopic (exact) mass is 239 g/mol. The van der Waals surface area contributed by atoms with Crippen LogP contribution in [0.25, 0.3) is 0 Å². The molecule has 0 bridgehead atoms. The van der Waals surface area contributed by atoms with Crippen LogP contribution < -0.4 is 4.90 Å². The van der Waals surface area contributed by atoms with Crippen molar-refractivity contribution in [3.05, 3.63) is 28.8 Å². The number of rotatable bonds is 3. The van der Waals surface area contributed by atoms with E-state index in [-0.39, 0.29) is 6.61 Å². The van der Waals surface area contributed by atoms with Crippen LogP contribution in [-0.2, 0) is 0 Å². The molecule has 0 aliphatic carbocycles. The molecule has 1 aromatic carbocycles. The molecule has 0 radical (unpaired) electrons. The third kappa shape index (κ3) is 2.20. The summed E-state index contributed by atoms with van der Waals surface area (Å²) in [6.45, 7) is 1.96. The third-order valence-corrected chi connectivity index (χ3v) is 3.30. The van der Waals surface area contributed by atoms with Crippen LogP contribution in [0.2, 0.25) is 5.02 Å². The Balaban J connectivity index is 2.18. The molecule has 2 rings (SSSR count). The molecule has 0 saturated carbocycles. The molecule has 1 aromatic rings. The first kappa shape index (κ1) is 11.4. The highest BCUT2D eigenvalue weighted by Gasteiger charge is 2.23. The summed E-state index contributed by atoms with van der Waals surface area (Å²) in [6.07, 6.45) is 1.78. The van der Waals surface area contributed by atoms with Gasteiger partial charge in [-0.3, -0.25) is 4.79 Å². The number of anilines is 1. The van der Waals surface area contributed by atoms with Gasteiger partial charge in [-0.1, -0.05) is 11.6 Å². The molecule has 16 heavy (non-hydrogen) atoms. The van der Waals surface area contributed by atoms with Crippen LogP contribution >= 0.6 is 11.6 Å². The van der Waals surface area contributed by atoms with Gasteiger partial charge >= 0.3 is 0 Å². The number of hydrogen-bond acceptors (Lipinski definition) is 3. The highest BCUT2D eigenvalue weighted by molar-refractivity contribution is 6.33. The van der Waals surface area contributed by atoms with Gasteiger partial charge in [0.25, 0.3) is 0 Å². The van der Waals surface area contributed by atoms with Crippen LogP contribution in [0.4, 0.5) is 5.69 Å². The molecular formula is C12H14ClNO2. The fourth-order valence-electron chi connectivity index (χ4n) is 2.05. The lowest BCUT2D eigenvalue weighted by atomic mass is 10.1. The third-order valence-electron chi connectivity index (χ3n) is 2.99. The summed E-state index contributed by atoms with van der Waals surface area (Å²) in [6, 6.07) is 5.31. The second-order valence-electron chi connectivity index (χ2n) is 4.11. The van der Waals surface area contributed by atoms with Crippen LogP contribution in [0.5, 0.6) is 0 Å². The van der Waals surface area contributed by atoms with E-state index in [4.69, 9.17) is 16.7 Å². The van der Waals surface area contributed by atoms with Gasteiger partial charge < -0.3 is 10.0 Å². The molecule has 1 unspecified atom stereocenters. The van der Waals surface area contributed by atoms with Crippen LogP contribution in [-0.4, -0.2) is 31.1 Å². The van der Waals surface area contributed by atoms with Crippen molar-refractivity contribution in [1.82, 2.24) is 0 Å². The molecule has 0 aromatic heterocycles. The van der Waals surface area contributed by atoms with E-state index in [9.17, 15) is 4.79 Å². The molecule has 1 heterocycles. The van der Waals surface area contributed by atoms with Gasteiger partial charge in [0.05, 0.1) is 10.7 Å². The highest BCUT2D eigenvalue weighted by atomic mass is 35.5. The largest absolute Gasteiger partial charge is 0.396 e. The van der Waals surface area contributed by atoms with Crippen molar-refractivity contribution >= 4 is 23.6 Å². The maximum absolute atomic E-state index is 10.6. The van der Waals surface area contributed by atoms with Gasteiger partial charge in [0.2, 0.25) is 0 Å². The zero-order chi connectivity index (χ0) is 11.5. The number of carbonyl (C=O) groups is 1. The van der Waals surface area contributed by atoms with Gasteiger partial charge in [-0.05, 0) is 24.6 Å². The van der Waals surface area contributed by atoms with Gasteiger partial charge in [-0.25, -0.2) is 0 Å². The summed E-state index contributed by atoms with van der Waals surface area (Å²) in [5, 5.41) is 9.68. The Morgan fingerprint density at radius 3 is 2.94 bits per heavy atom. The minimum absolute atomic E-state index is 0.223. The Labute approximate surface area is 99.6 Å². The Kier molecular flexibility index (Phi) is 3.46. The normalized spacial score (nSPS) is 20.1. The van der Waals surface area contributed by atoms with E-state index in [1.807, 2.05) is 6.07 Å². The summed E-state index contributed by atoms with van der Waals surface area (Å²) >= 11 is 6.12. The van der Waals surface area contributed by atoms with E-state index in [1.54, 1.807) is 12.1 Å². The lowest BCUT2D eigenvalue weighted by molar-refractivity contribution is 0.112. The molecular weight excluding hydrogens is 226 g/mol. The van der Waals surface area contributed by atoms with Crippen molar-refractivity contribution in [1.29, 1.82) is 0 Å². The topological polar surface area (TPSA) is 40.5 Å². The van der Waals surface area contributed by atoms with Crippen molar-refractivity contribution in [3.8, 4) is 0 Å². The second kappa shape index (κ2) is 4.85. The molecule has 1 fully saturated rings. The number of benzene rings is 1. The highest BCUT2D eigenvalue weighted by Crippen LogP contribution is 2.30. The van der Waals surface area contributed by atoms with Gasteiger partial charge in [-0.15, -0.1) is 0 Å². The van der Waals surface area contributed by atoms with E-state index in [1.165, 1.54) is 0 Å². The van der Waals surface area contributed by atoms with Crippen LogP contribution in [0.1, 0.15) is 16.8 Å². The predicted octanol–water partition coefficient (Wildman–Crippen LogP) is 1.97. The number of halogens is 1. The quantitative estimate of drug-likeness (QED) is 0.820. The number of carbonyl (C=O) groups excluding carboxylic acids is 1. The number of aliphatic hydroxyl groups is 1. The van der Waals surface area contributed by atoms with Crippen LogP contribution in [0, 0.1) is 5.92 Å². The minimum atomic E-state index is 0.223. The predicted molar refractivity (Wildman–Crippen MR) is 64.2 cm³/mol. The first-order valence-electron chi connectivity index (χ1n) is 5.35. The van der Waals surface area contributed by atoms with E-state index in [0.29, 0.717) is 16.5 Å². The average Bonchev–Trinajstić information content (AvgIpc) is 2.77. The van der Waals surface area contributed by atoms with Crippen LogP contribution in [0.3, 0.4) is 0 Å². The second-order valence-corrected chi connectivity index (χ2v) is 4.52. The van der Waals surface area contributed by atoms with Crippen molar-refractivity contribution in [3.63, 3.8) is 0 Å². The lowest BCUT2D eigenvalue weighted by Crippen LogP contribution is -2.20. The molecule has 3 nitrogen and oxygen atoms in total. The SMILES string of the molecule is O=Cc1ccc(N2CCC(CO)C2)c(Cl)c1. The fraction of sp³-hybridized carbons (Fsp3) is 0.417. The molecule has 1 aliphatic heterocycles. The number of hydrogen-bond donors (Lipinski definition) is 1. The van der Waals surface area contributed by atoms with E-state index < -0.39 is 0 Å². The molecule has 86 valence electrons. The van der Waals surface area contributed by atoms with Crippen LogP contribution in [0.15, 0.2) is 18.2 Å². The smallest absolute Gasteiger partial charge is 0.150 e. The minimum Gasteiger partial charge on any atom is -0.396 e. The van der Waals surface area contributed by atoms with Gasteiger partial charge in [0, 0.05) is 31.2 Å². The lowest BCUT2D eigenvalue weighted by Gasteiger charge is -2.19. The summed E-state index contributed by atoms with van der Waals surface area (Å²) in [5.74, 6) is 0.335. The number of aldehydes is 1. The molecule has 1 N–H and O–H groups in total.